The van der Waals surface area contributed by atoms with Crippen LogP contribution in [0.15, 0.2) is 78.9 Å². The van der Waals surface area contributed by atoms with Crippen LogP contribution in [0.4, 0.5) is 17.6 Å². The fourth-order valence-corrected chi connectivity index (χ4v) is 4.83. The van der Waals surface area contributed by atoms with Crippen molar-refractivity contribution < 1.29 is 46.4 Å². The third-order valence-electron chi connectivity index (χ3n) is 7.21. The molecule has 2 aliphatic rings. The molecule has 0 amide bonds. The molecule has 3 aromatic rings. The van der Waals surface area contributed by atoms with Crippen molar-refractivity contribution >= 4 is 5.97 Å². The minimum absolute atomic E-state index is 0.0874. The van der Waals surface area contributed by atoms with E-state index in [-0.39, 0.29) is 24.6 Å². The average Bonchev–Trinajstić information content (AvgIpc) is 3.01. The van der Waals surface area contributed by atoms with E-state index in [2.05, 4.69) is 4.74 Å². The smallest absolute Gasteiger partial charge is 0.302 e. The third-order valence-corrected chi connectivity index (χ3v) is 7.21. The van der Waals surface area contributed by atoms with Crippen LogP contribution >= 0.6 is 0 Å². The minimum Gasteiger partial charge on any atom is -0.508 e. The van der Waals surface area contributed by atoms with Gasteiger partial charge < -0.3 is 24.1 Å². The summed E-state index contributed by atoms with van der Waals surface area (Å²) in [5.41, 5.74) is 1.08. The van der Waals surface area contributed by atoms with Crippen molar-refractivity contribution in [2.75, 3.05) is 6.61 Å². The maximum absolute atomic E-state index is 13.8. The van der Waals surface area contributed by atoms with E-state index in [4.69, 9.17) is 19.3 Å². The van der Waals surface area contributed by atoms with Crippen LogP contribution in [0.5, 0.6) is 23.0 Å². The number of benzene rings is 3. The number of halogens is 4. The zero-order valence-corrected chi connectivity index (χ0v) is 25.7. The molecular formula is C35H42F4O6. The number of alkyl halides is 4. The maximum atomic E-state index is 13.8. The third kappa shape index (κ3) is 12.5. The first-order valence-corrected chi connectivity index (χ1v) is 15.3. The summed E-state index contributed by atoms with van der Waals surface area (Å²) in [5, 5.41) is 9.06. The molecule has 3 aromatic carbocycles. The summed E-state index contributed by atoms with van der Waals surface area (Å²) in [6.07, 6.45) is 1.23. The van der Waals surface area contributed by atoms with Crippen molar-refractivity contribution in [2.24, 2.45) is 0 Å². The van der Waals surface area contributed by atoms with Crippen LogP contribution < -0.4 is 14.2 Å². The predicted octanol–water partition coefficient (Wildman–Crippen LogP) is 9.14. The lowest BCUT2D eigenvalue weighted by Crippen LogP contribution is -2.40. The molecule has 0 saturated heterocycles. The molecule has 5 rings (SSSR count). The number of esters is 1. The molecule has 45 heavy (non-hydrogen) atoms. The number of ether oxygens (including phenoxy) is 4. The lowest BCUT2D eigenvalue weighted by atomic mass is 9.94. The first-order valence-electron chi connectivity index (χ1n) is 15.3. The molecule has 0 spiro atoms. The van der Waals surface area contributed by atoms with Gasteiger partial charge in [0.25, 0.3) is 11.8 Å². The molecule has 2 saturated carbocycles. The van der Waals surface area contributed by atoms with E-state index in [1.807, 2.05) is 30.3 Å². The van der Waals surface area contributed by atoms with Gasteiger partial charge in [-0.15, -0.1) is 0 Å². The summed E-state index contributed by atoms with van der Waals surface area (Å²) >= 11 is 0. The van der Waals surface area contributed by atoms with Crippen molar-refractivity contribution in [1.29, 1.82) is 0 Å². The summed E-state index contributed by atoms with van der Waals surface area (Å²) in [5.74, 6) is -4.05. The molecule has 6 nitrogen and oxygen atoms in total. The van der Waals surface area contributed by atoms with Crippen LogP contribution in [0, 0.1) is 0 Å². The number of carbonyl (C=O) groups excluding carboxylic acids is 1. The molecule has 2 aliphatic carbocycles. The Kier molecular flexibility index (Phi) is 13.8. The number of phenols is 1. The number of rotatable bonds is 8. The van der Waals surface area contributed by atoms with Gasteiger partial charge in [0, 0.05) is 19.8 Å². The van der Waals surface area contributed by atoms with E-state index in [1.54, 1.807) is 31.2 Å². The van der Waals surface area contributed by atoms with E-state index in [0.717, 1.165) is 18.4 Å². The highest BCUT2D eigenvalue weighted by atomic mass is 19.3. The highest BCUT2D eigenvalue weighted by Gasteiger charge is 2.44. The molecule has 0 bridgehead atoms. The van der Waals surface area contributed by atoms with Gasteiger partial charge in [0.05, 0.1) is 6.61 Å². The van der Waals surface area contributed by atoms with Crippen molar-refractivity contribution in [1.82, 2.24) is 0 Å². The topological polar surface area (TPSA) is 74.2 Å². The summed E-state index contributed by atoms with van der Waals surface area (Å²) < 4.78 is 75.3. The average molecular weight is 635 g/mol. The Hall–Kier alpha value is -3.95. The summed E-state index contributed by atoms with van der Waals surface area (Å²) in [6, 6.07) is 22.6. The molecule has 10 heteroatoms. The fourth-order valence-electron chi connectivity index (χ4n) is 4.83. The Morgan fingerprint density at radius 2 is 1.20 bits per heavy atom. The minimum atomic E-state index is -2.74. The predicted molar refractivity (Wildman–Crippen MR) is 163 cm³/mol. The van der Waals surface area contributed by atoms with Crippen LogP contribution in [-0.2, 0) is 16.1 Å². The molecule has 0 radical (unpaired) electrons. The maximum Gasteiger partial charge on any atom is 0.302 e. The van der Waals surface area contributed by atoms with Crippen molar-refractivity contribution in [3.05, 3.63) is 84.4 Å². The summed E-state index contributed by atoms with van der Waals surface area (Å²) in [7, 11) is 0. The Morgan fingerprint density at radius 1 is 0.733 bits per heavy atom. The second kappa shape index (κ2) is 17.5. The van der Waals surface area contributed by atoms with Crippen molar-refractivity contribution in [2.45, 2.75) is 95.9 Å². The number of hydrogen-bond donors (Lipinski definition) is 1. The second-order valence-corrected chi connectivity index (χ2v) is 10.9. The van der Waals surface area contributed by atoms with E-state index in [0.29, 0.717) is 56.1 Å². The van der Waals surface area contributed by atoms with Gasteiger partial charge in [-0.05, 0) is 99.5 Å². The van der Waals surface area contributed by atoms with Crippen LogP contribution in [0.1, 0.15) is 70.8 Å². The number of aromatic hydroxyl groups is 1. The highest BCUT2D eigenvalue weighted by molar-refractivity contribution is 5.65. The van der Waals surface area contributed by atoms with Gasteiger partial charge >= 0.3 is 5.97 Å². The molecule has 2 atom stereocenters. The van der Waals surface area contributed by atoms with Crippen LogP contribution in [0.2, 0.25) is 0 Å². The van der Waals surface area contributed by atoms with E-state index < -0.39 is 24.1 Å². The Labute approximate surface area is 262 Å². The van der Waals surface area contributed by atoms with E-state index in [1.165, 1.54) is 31.2 Å². The zero-order valence-electron chi connectivity index (χ0n) is 25.7. The first-order chi connectivity index (χ1) is 21.5. The van der Waals surface area contributed by atoms with Crippen LogP contribution in [0.3, 0.4) is 0 Å². The Bertz CT molecular complexity index is 1270. The molecule has 1 N–H and O–H groups in total. The van der Waals surface area contributed by atoms with E-state index in [9.17, 15) is 22.4 Å². The lowest BCUT2D eigenvalue weighted by Gasteiger charge is -2.31. The van der Waals surface area contributed by atoms with Gasteiger partial charge in [0.15, 0.2) is 12.2 Å². The molecule has 2 unspecified atom stereocenters. The molecule has 2 fully saturated rings. The molecule has 246 valence electrons. The second-order valence-electron chi connectivity index (χ2n) is 10.9. The van der Waals surface area contributed by atoms with Gasteiger partial charge in [-0.2, -0.15) is 0 Å². The van der Waals surface area contributed by atoms with Crippen LogP contribution in [-0.4, -0.2) is 41.7 Å². The van der Waals surface area contributed by atoms with Crippen molar-refractivity contribution in [3.8, 4) is 23.0 Å². The van der Waals surface area contributed by atoms with Crippen LogP contribution in [0.25, 0.3) is 0 Å². The normalized spacial score (nSPS) is 19.8. The first kappa shape index (κ1) is 35.5. The van der Waals surface area contributed by atoms with Gasteiger partial charge in [0.1, 0.15) is 29.6 Å². The Morgan fingerprint density at radius 3 is 1.62 bits per heavy atom. The molecule has 0 heterocycles. The standard InChI is InChI=1S/C19H20F2O2.C12H14F2O2.C4H8O2/c20-19(21)13-5-4-8-18(19)23-17-11-9-16(10-12-17)22-14-15-6-2-1-3-7-15;13-12(14)8-2-1-3-11(12)16-10-6-4-9(15)5-7-10;1-3-6-4(2)5/h1-3,6-7,9-12,18H,4-5,8,13-14H2;4-7,11,15H,1-3,8H2;3H2,1-2H3. The van der Waals surface area contributed by atoms with Gasteiger partial charge in [-0.25, -0.2) is 17.6 Å². The van der Waals surface area contributed by atoms with Gasteiger partial charge in [0.2, 0.25) is 0 Å². The quantitative estimate of drug-likeness (QED) is 0.197. The van der Waals surface area contributed by atoms with Crippen molar-refractivity contribution in [3.63, 3.8) is 0 Å². The number of hydrogen-bond acceptors (Lipinski definition) is 6. The largest absolute Gasteiger partial charge is 0.508 e. The monoisotopic (exact) mass is 634 g/mol. The van der Waals surface area contributed by atoms with Gasteiger partial charge in [-0.1, -0.05) is 30.3 Å². The number of carbonyl (C=O) groups is 1. The zero-order chi connectivity index (χ0) is 32.7. The Balaban J connectivity index is 0.000000217. The molecule has 0 aromatic heterocycles. The summed E-state index contributed by atoms with van der Waals surface area (Å²) in [6.45, 7) is 4.13. The van der Waals surface area contributed by atoms with E-state index >= 15 is 0 Å². The highest BCUT2D eigenvalue weighted by Crippen LogP contribution is 2.37. The SMILES string of the molecule is CCOC(C)=O.FC1(F)CCCCC1Oc1ccc(OCc2ccccc2)cc1.Oc1ccc(OC2CCCCC2(F)F)cc1. The van der Waals surface area contributed by atoms with Gasteiger partial charge in [-0.3, -0.25) is 4.79 Å². The fraction of sp³-hybridized carbons (Fsp3) is 0.457. The number of phenolic OH excluding ortho intramolecular Hbond substituents is 1. The molecular weight excluding hydrogens is 592 g/mol. The lowest BCUT2D eigenvalue weighted by molar-refractivity contribution is -0.140. The molecule has 0 aliphatic heterocycles. The summed E-state index contributed by atoms with van der Waals surface area (Å²) in [4.78, 5) is 9.82.